The third kappa shape index (κ3) is 7.13. The molecular formula is C21H32. The quantitative estimate of drug-likeness (QED) is 0.585. The van der Waals surface area contributed by atoms with E-state index >= 15 is 0 Å². The van der Waals surface area contributed by atoms with Gasteiger partial charge in [0.15, 0.2) is 0 Å². The van der Waals surface area contributed by atoms with Gasteiger partial charge in [-0.2, -0.15) is 0 Å². The van der Waals surface area contributed by atoms with Crippen molar-refractivity contribution in [3.63, 3.8) is 0 Å². The molecule has 0 nitrogen and oxygen atoms in total. The highest BCUT2D eigenvalue weighted by atomic mass is 14.1. The lowest BCUT2D eigenvalue weighted by atomic mass is 9.98. The fourth-order valence-electron chi connectivity index (χ4n) is 2.58. The minimum absolute atomic E-state index is 1.03. The second-order valence-corrected chi connectivity index (χ2v) is 5.17. The van der Waals surface area contributed by atoms with E-state index in [0.717, 1.165) is 6.42 Å². The van der Waals surface area contributed by atoms with Crippen LogP contribution in [0.25, 0.3) is 0 Å². The monoisotopic (exact) mass is 284 g/mol. The maximum absolute atomic E-state index is 2.28. The first-order chi connectivity index (χ1) is 10.0. The van der Waals surface area contributed by atoms with Crippen LogP contribution in [0.15, 0.2) is 36.4 Å². The van der Waals surface area contributed by atoms with Crippen LogP contribution in [0, 0.1) is 27.7 Å². The predicted octanol–water partition coefficient (Wildman–Crippen LogP) is 6.56. The average Bonchev–Trinajstić information content (AvgIpc) is 2.41. The molecule has 0 spiro atoms. The molecule has 21 heavy (non-hydrogen) atoms. The fourth-order valence-corrected chi connectivity index (χ4v) is 2.58. The standard InChI is InChI=1S/C17H20.2C2H6/c1-12-5-13(2)8-16(7-12)11-17-9-14(3)6-15(4)10-17;2*1-2/h5-10H,11H2,1-4H3;2*1-2H3. The van der Waals surface area contributed by atoms with E-state index in [0.29, 0.717) is 0 Å². The Labute approximate surface area is 132 Å². The van der Waals surface area contributed by atoms with Gasteiger partial charge in [0.25, 0.3) is 0 Å². The van der Waals surface area contributed by atoms with E-state index in [2.05, 4.69) is 64.1 Å². The Bertz CT molecular complexity index is 446. The van der Waals surface area contributed by atoms with E-state index in [1.165, 1.54) is 33.4 Å². The van der Waals surface area contributed by atoms with Crippen molar-refractivity contribution in [1.29, 1.82) is 0 Å². The molecule has 2 rings (SSSR count). The Morgan fingerprint density at radius 2 is 0.714 bits per heavy atom. The van der Waals surface area contributed by atoms with Gasteiger partial charge in [-0.25, -0.2) is 0 Å². The molecule has 116 valence electrons. The van der Waals surface area contributed by atoms with Crippen LogP contribution in [0.4, 0.5) is 0 Å². The highest BCUT2D eigenvalue weighted by Gasteiger charge is 2.00. The van der Waals surface area contributed by atoms with Crippen LogP contribution in [-0.4, -0.2) is 0 Å². The molecule has 0 heteroatoms. The average molecular weight is 284 g/mol. The Hall–Kier alpha value is -1.56. The second kappa shape index (κ2) is 10.2. The van der Waals surface area contributed by atoms with Gasteiger partial charge in [-0.15, -0.1) is 0 Å². The minimum atomic E-state index is 1.03. The Morgan fingerprint density at radius 1 is 0.476 bits per heavy atom. The third-order valence-corrected chi connectivity index (χ3v) is 2.97. The Balaban J connectivity index is 0.000000921. The lowest BCUT2D eigenvalue weighted by Gasteiger charge is -2.07. The molecule has 0 amide bonds. The summed E-state index contributed by atoms with van der Waals surface area (Å²) in [4.78, 5) is 0. The zero-order valence-corrected chi connectivity index (χ0v) is 15.2. The van der Waals surface area contributed by atoms with Crippen LogP contribution in [0.5, 0.6) is 0 Å². The van der Waals surface area contributed by atoms with Crippen molar-refractivity contribution in [3.05, 3.63) is 69.8 Å². The molecule has 0 heterocycles. The van der Waals surface area contributed by atoms with Gasteiger partial charge in [-0.3, -0.25) is 0 Å². The largest absolute Gasteiger partial charge is 0.0683 e. The summed E-state index contributed by atoms with van der Waals surface area (Å²) >= 11 is 0. The molecule has 0 saturated heterocycles. The van der Waals surface area contributed by atoms with Crippen LogP contribution < -0.4 is 0 Å². The number of hydrogen-bond donors (Lipinski definition) is 0. The Morgan fingerprint density at radius 3 is 0.952 bits per heavy atom. The highest BCUT2D eigenvalue weighted by molar-refractivity contribution is 5.35. The van der Waals surface area contributed by atoms with Crippen LogP contribution in [0.1, 0.15) is 61.1 Å². The van der Waals surface area contributed by atoms with Crippen LogP contribution in [-0.2, 0) is 6.42 Å². The molecule has 2 aromatic rings. The van der Waals surface area contributed by atoms with E-state index in [-0.39, 0.29) is 0 Å². The van der Waals surface area contributed by atoms with Crippen molar-refractivity contribution >= 4 is 0 Å². The predicted molar refractivity (Wildman–Crippen MR) is 97.3 cm³/mol. The van der Waals surface area contributed by atoms with Gasteiger partial charge in [0.05, 0.1) is 0 Å². The van der Waals surface area contributed by atoms with Gasteiger partial charge in [0, 0.05) is 0 Å². The zero-order valence-electron chi connectivity index (χ0n) is 15.2. The number of aryl methyl sites for hydroxylation is 4. The van der Waals surface area contributed by atoms with Crippen molar-refractivity contribution in [3.8, 4) is 0 Å². The van der Waals surface area contributed by atoms with Crippen LogP contribution in [0.3, 0.4) is 0 Å². The molecule has 0 fully saturated rings. The molecule has 2 aromatic carbocycles. The van der Waals surface area contributed by atoms with E-state index in [1.54, 1.807) is 0 Å². The van der Waals surface area contributed by atoms with Crippen molar-refractivity contribution in [2.45, 2.75) is 61.8 Å². The van der Waals surface area contributed by atoms with Gasteiger partial charge in [0.1, 0.15) is 0 Å². The molecule has 0 bridgehead atoms. The van der Waals surface area contributed by atoms with Crippen LogP contribution in [0.2, 0.25) is 0 Å². The molecule has 0 unspecified atom stereocenters. The molecule has 0 aliphatic heterocycles. The highest BCUT2D eigenvalue weighted by Crippen LogP contribution is 2.16. The zero-order chi connectivity index (χ0) is 16.4. The van der Waals surface area contributed by atoms with Gasteiger partial charge in [-0.1, -0.05) is 86.3 Å². The van der Waals surface area contributed by atoms with Crippen molar-refractivity contribution in [2.24, 2.45) is 0 Å². The van der Waals surface area contributed by atoms with Crippen molar-refractivity contribution in [1.82, 2.24) is 0 Å². The fraction of sp³-hybridized carbons (Fsp3) is 0.429. The third-order valence-electron chi connectivity index (χ3n) is 2.97. The molecule has 0 saturated carbocycles. The summed E-state index contributed by atoms with van der Waals surface area (Å²) in [5.41, 5.74) is 8.22. The van der Waals surface area contributed by atoms with Gasteiger partial charge >= 0.3 is 0 Å². The number of rotatable bonds is 2. The maximum Gasteiger partial charge on any atom is -0.00254 e. The van der Waals surface area contributed by atoms with E-state index < -0.39 is 0 Å². The topological polar surface area (TPSA) is 0 Å². The minimum Gasteiger partial charge on any atom is -0.0683 e. The molecule has 0 aliphatic carbocycles. The summed E-state index contributed by atoms with van der Waals surface area (Å²) in [5, 5.41) is 0. The van der Waals surface area contributed by atoms with Crippen molar-refractivity contribution < 1.29 is 0 Å². The first-order valence-electron chi connectivity index (χ1n) is 8.17. The summed E-state index contributed by atoms with van der Waals surface area (Å²) in [5.74, 6) is 0. The molecule has 0 aliphatic rings. The van der Waals surface area contributed by atoms with E-state index in [9.17, 15) is 0 Å². The van der Waals surface area contributed by atoms with Crippen molar-refractivity contribution in [2.75, 3.05) is 0 Å². The van der Waals surface area contributed by atoms with Gasteiger partial charge in [-0.05, 0) is 45.2 Å². The lowest BCUT2D eigenvalue weighted by Crippen LogP contribution is -1.92. The summed E-state index contributed by atoms with van der Waals surface area (Å²) in [7, 11) is 0. The first-order valence-corrected chi connectivity index (χ1v) is 8.17. The molecule has 0 aromatic heterocycles. The van der Waals surface area contributed by atoms with Crippen LogP contribution >= 0.6 is 0 Å². The molecule has 0 radical (unpaired) electrons. The van der Waals surface area contributed by atoms with Gasteiger partial charge in [0.2, 0.25) is 0 Å². The summed E-state index contributed by atoms with van der Waals surface area (Å²) in [6, 6.07) is 13.6. The lowest BCUT2D eigenvalue weighted by molar-refractivity contribution is 1.15. The van der Waals surface area contributed by atoms with E-state index in [1.807, 2.05) is 27.7 Å². The SMILES string of the molecule is CC.CC.Cc1cc(C)cc(Cc2cc(C)cc(C)c2)c1. The molecular weight excluding hydrogens is 252 g/mol. The molecule has 0 atom stereocenters. The van der Waals surface area contributed by atoms with Gasteiger partial charge < -0.3 is 0 Å². The smallest absolute Gasteiger partial charge is 0.00254 e. The second-order valence-electron chi connectivity index (χ2n) is 5.17. The normalized spacial score (nSPS) is 9.14. The van der Waals surface area contributed by atoms with E-state index in [4.69, 9.17) is 0 Å². The summed E-state index contributed by atoms with van der Waals surface area (Å²) in [6.45, 7) is 16.7. The Kier molecular flexibility index (Phi) is 9.45. The summed E-state index contributed by atoms with van der Waals surface area (Å²) in [6.07, 6.45) is 1.03. The summed E-state index contributed by atoms with van der Waals surface area (Å²) < 4.78 is 0. The first kappa shape index (κ1) is 19.4. The number of hydrogen-bond acceptors (Lipinski definition) is 0. The maximum atomic E-state index is 2.28. The number of benzene rings is 2. The molecule has 0 N–H and O–H groups in total.